The third-order valence-electron chi connectivity index (χ3n) is 7.77. The van der Waals surface area contributed by atoms with E-state index in [0.29, 0.717) is 13.1 Å². The number of piperidine rings is 1. The minimum absolute atomic E-state index is 0.0285. The molecule has 0 spiro atoms. The topological polar surface area (TPSA) is 63.6 Å². The fourth-order valence-electron chi connectivity index (χ4n) is 5.28. The Balaban J connectivity index is 1.91. The number of unbranched alkanes of at least 4 members (excludes halogenated alkanes) is 2. The Morgan fingerprint density at radius 2 is 1.98 bits per heavy atom. The lowest BCUT2D eigenvalue weighted by molar-refractivity contribution is -0.136. The van der Waals surface area contributed by atoms with Crippen LogP contribution in [-0.4, -0.2) is 54.8 Å². The van der Waals surface area contributed by atoms with E-state index in [2.05, 4.69) is 35.5 Å². The second-order valence-corrected chi connectivity index (χ2v) is 10.7. The molecular formula is C34H47N3O3. The number of hydrogen-bond donors (Lipinski definition) is 1. The number of rotatable bonds is 15. The molecule has 1 aliphatic heterocycles. The Labute approximate surface area is 240 Å². The molecule has 0 aromatic carbocycles. The number of ether oxygens (including phenoxy) is 1. The predicted octanol–water partition coefficient (Wildman–Crippen LogP) is 5.61. The molecule has 6 heteroatoms. The van der Waals surface area contributed by atoms with Crippen LogP contribution in [0.2, 0.25) is 0 Å². The number of carbonyl (C=O) groups is 1. The lowest BCUT2D eigenvalue weighted by atomic mass is 9.80. The number of amides is 1. The van der Waals surface area contributed by atoms with Gasteiger partial charge in [0.25, 0.3) is 5.56 Å². The molecule has 1 aliphatic carbocycles. The molecule has 1 aromatic rings. The number of allylic oxidation sites excluding steroid dienone is 8. The standard InChI is InChI=1S/C34H47N3O3/c1-6-9-14-27(7-2)28(8-3)22-26(13-11-10-12-21-40-5)25-37(30-15-16-30)34(39)32-24-35-19-17-31(32)29-18-20-36(4)33(38)23-29/h6-9,13-14,18,20,22-23,30-32,35H,2-3,10-12,15-17,19,21,24-25H2,1,4-5H3/b9-6-,26-13+,27-14+,28-22+/t31-,32+/m1/s1. The molecule has 1 saturated carbocycles. The summed E-state index contributed by atoms with van der Waals surface area (Å²) in [6.45, 7) is 12.8. The molecule has 216 valence electrons. The fraction of sp³-hybridized carbons (Fsp3) is 0.471. The summed E-state index contributed by atoms with van der Waals surface area (Å²) in [5.74, 6) is -0.000938. The molecule has 0 bridgehead atoms. The molecule has 2 aliphatic rings. The molecule has 2 heterocycles. The maximum absolute atomic E-state index is 14.2. The Kier molecular flexibility index (Phi) is 12.6. The zero-order chi connectivity index (χ0) is 28.9. The van der Waals surface area contributed by atoms with E-state index in [4.69, 9.17) is 4.74 Å². The van der Waals surface area contributed by atoms with E-state index >= 15 is 0 Å². The molecule has 2 fully saturated rings. The zero-order valence-electron chi connectivity index (χ0n) is 24.6. The normalized spacial score (nSPS) is 20.5. The van der Waals surface area contributed by atoms with Crippen molar-refractivity contribution in [3.63, 3.8) is 0 Å². The van der Waals surface area contributed by atoms with E-state index in [9.17, 15) is 9.59 Å². The summed E-state index contributed by atoms with van der Waals surface area (Å²) in [7, 11) is 3.49. The van der Waals surface area contributed by atoms with Gasteiger partial charge in [0, 0.05) is 52.2 Å². The van der Waals surface area contributed by atoms with Gasteiger partial charge in [0.2, 0.25) is 5.91 Å². The van der Waals surface area contributed by atoms with Crippen molar-refractivity contribution in [2.45, 2.75) is 57.4 Å². The van der Waals surface area contributed by atoms with Crippen LogP contribution in [0.15, 0.2) is 95.5 Å². The van der Waals surface area contributed by atoms with Crippen molar-refractivity contribution in [1.82, 2.24) is 14.8 Å². The van der Waals surface area contributed by atoms with Crippen LogP contribution in [0.5, 0.6) is 0 Å². The Morgan fingerprint density at radius 3 is 2.62 bits per heavy atom. The van der Waals surface area contributed by atoms with Crippen molar-refractivity contribution in [1.29, 1.82) is 0 Å². The van der Waals surface area contributed by atoms with Gasteiger partial charge in [-0.1, -0.05) is 49.6 Å². The zero-order valence-corrected chi connectivity index (χ0v) is 24.6. The predicted molar refractivity (Wildman–Crippen MR) is 165 cm³/mol. The average Bonchev–Trinajstić information content (AvgIpc) is 3.81. The van der Waals surface area contributed by atoms with Crippen LogP contribution >= 0.6 is 0 Å². The summed E-state index contributed by atoms with van der Waals surface area (Å²) >= 11 is 0. The van der Waals surface area contributed by atoms with Crippen LogP contribution in [0.4, 0.5) is 0 Å². The highest BCUT2D eigenvalue weighted by Gasteiger charge is 2.40. The summed E-state index contributed by atoms with van der Waals surface area (Å²) in [5.41, 5.74) is 4.01. The number of methoxy groups -OCH3 is 1. The van der Waals surface area contributed by atoms with Crippen molar-refractivity contribution in [2.24, 2.45) is 13.0 Å². The van der Waals surface area contributed by atoms with Gasteiger partial charge in [-0.25, -0.2) is 0 Å². The summed E-state index contributed by atoms with van der Waals surface area (Å²) in [6.07, 6.45) is 21.8. The van der Waals surface area contributed by atoms with Crippen molar-refractivity contribution >= 4 is 5.91 Å². The van der Waals surface area contributed by atoms with E-state index in [0.717, 1.165) is 74.0 Å². The van der Waals surface area contributed by atoms with Crippen molar-refractivity contribution in [2.75, 3.05) is 33.4 Å². The smallest absolute Gasteiger partial charge is 0.250 e. The van der Waals surface area contributed by atoms with Crippen LogP contribution in [0.1, 0.15) is 56.9 Å². The van der Waals surface area contributed by atoms with E-state index < -0.39 is 0 Å². The molecule has 6 nitrogen and oxygen atoms in total. The van der Waals surface area contributed by atoms with Gasteiger partial charge < -0.3 is 19.5 Å². The summed E-state index contributed by atoms with van der Waals surface area (Å²) in [5, 5.41) is 3.44. The lowest BCUT2D eigenvalue weighted by Crippen LogP contribution is -2.47. The molecule has 1 saturated heterocycles. The first-order valence-corrected chi connectivity index (χ1v) is 14.6. The first kappa shape index (κ1) is 31.3. The van der Waals surface area contributed by atoms with Crippen LogP contribution in [0, 0.1) is 5.92 Å². The van der Waals surface area contributed by atoms with Crippen LogP contribution < -0.4 is 10.9 Å². The van der Waals surface area contributed by atoms with Gasteiger partial charge in [0.05, 0.1) is 5.92 Å². The molecule has 1 aromatic heterocycles. The van der Waals surface area contributed by atoms with E-state index in [1.54, 1.807) is 24.8 Å². The molecule has 3 rings (SSSR count). The molecule has 1 N–H and O–H groups in total. The number of carbonyl (C=O) groups excluding carboxylic acids is 1. The van der Waals surface area contributed by atoms with Gasteiger partial charge >= 0.3 is 0 Å². The first-order chi connectivity index (χ1) is 19.4. The number of nitrogens with zero attached hydrogens (tertiary/aromatic N) is 2. The Bertz CT molecular complexity index is 1200. The highest BCUT2D eigenvalue weighted by atomic mass is 16.5. The molecular weight excluding hydrogens is 498 g/mol. The van der Waals surface area contributed by atoms with E-state index in [1.165, 1.54) is 0 Å². The first-order valence-electron chi connectivity index (χ1n) is 14.6. The maximum atomic E-state index is 14.2. The second kappa shape index (κ2) is 16.1. The summed E-state index contributed by atoms with van der Waals surface area (Å²) in [6, 6.07) is 3.96. The van der Waals surface area contributed by atoms with Gasteiger partial charge in [0.15, 0.2) is 0 Å². The number of hydrogen-bond acceptors (Lipinski definition) is 4. The number of nitrogens with one attached hydrogen (secondary N) is 1. The molecule has 40 heavy (non-hydrogen) atoms. The van der Waals surface area contributed by atoms with Crippen molar-refractivity contribution < 1.29 is 9.53 Å². The number of aryl methyl sites for hydroxylation is 1. The number of pyridine rings is 1. The monoisotopic (exact) mass is 545 g/mol. The minimum Gasteiger partial charge on any atom is -0.385 e. The van der Waals surface area contributed by atoms with E-state index in [-0.39, 0.29) is 29.3 Å². The van der Waals surface area contributed by atoms with Gasteiger partial charge in [-0.05, 0) is 92.3 Å². The van der Waals surface area contributed by atoms with Crippen molar-refractivity contribution in [3.8, 4) is 0 Å². The summed E-state index contributed by atoms with van der Waals surface area (Å²) in [4.78, 5) is 28.7. The van der Waals surface area contributed by atoms with Crippen LogP contribution in [0.3, 0.4) is 0 Å². The molecule has 0 radical (unpaired) electrons. The third kappa shape index (κ3) is 8.90. The SMILES string of the molecule is C=CC(=C\C=C/C)/C(C=C)=C/C(=C\CCCCOC)CN(C(=O)[C@H]1CNCC[C@@H]1c1ccn(C)c(=O)c1)C1CC1. The van der Waals surface area contributed by atoms with Gasteiger partial charge in [-0.3, -0.25) is 9.59 Å². The minimum atomic E-state index is -0.203. The van der Waals surface area contributed by atoms with Gasteiger partial charge in [0.1, 0.15) is 0 Å². The largest absolute Gasteiger partial charge is 0.385 e. The fourth-order valence-corrected chi connectivity index (χ4v) is 5.28. The third-order valence-corrected chi connectivity index (χ3v) is 7.77. The molecule has 1 amide bonds. The Morgan fingerprint density at radius 1 is 1.20 bits per heavy atom. The maximum Gasteiger partial charge on any atom is 0.250 e. The van der Waals surface area contributed by atoms with Gasteiger partial charge in [-0.2, -0.15) is 0 Å². The highest BCUT2D eigenvalue weighted by molar-refractivity contribution is 5.81. The summed E-state index contributed by atoms with van der Waals surface area (Å²) < 4.78 is 6.80. The second-order valence-electron chi connectivity index (χ2n) is 10.7. The van der Waals surface area contributed by atoms with Gasteiger partial charge in [-0.15, -0.1) is 0 Å². The quantitative estimate of drug-likeness (QED) is 0.230. The highest BCUT2D eigenvalue weighted by Crippen LogP contribution is 2.35. The van der Waals surface area contributed by atoms with E-state index in [1.807, 2.05) is 49.6 Å². The van der Waals surface area contributed by atoms with Crippen molar-refractivity contribution in [3.05, 3.63) is 107 Å². The number of aromatic nitrogens is 1. The molecule has 2 atom stereocenters. The molecule has 0 unspecified atom stereocenters. The average molecular weight is 546 g/mol. The lowest BCUT2D eigenvalue weighted by Gasteiger charge is -2.36. The van der Waals surface area contributed by atoms with Crippen LogP contribution in [-0.2, 0) is 16.6 Å². The Hall–Kier alpha value is -3.22. The van der Waals surface area contributed by atoms with Crippen LogP contribution in [0.25, 0.3) is 0 Å².